The molecule has 5 heteroatoms. The smallest absolute Gasteiger partial charge is 0.211 e. The Morgan fingerprint density at radius 3 is 1.66 bits per heavy atom. The molecule has 0 spiro atoms. The first kappa shape index (κ1) is 28.8. The fourth-order valence-corrected chi connectivity index (χ4v) is 7.44. The van der Waals surface area contributed by atoms with E-state index >= 15 is 0 Å². The summed E-state index contributed by atoms with van der Waals surface area (Å²) in [4.78, 5) is 4.02. The van der Waals surface area contributed by atoms with Crippen LogP contribution in [-0.4, -0.2) is 9.13 Å². The Hall–Kier alpha value is -7.39. The minimum absolute atomic E-state index is 0.531. The number of hydrogen-bond acceptors (Lipinski definition) is 2. The molecular formula is C45H25N5. The van der Waals surface area contributed by atoms with Gasteiger partial charge in [0.05, 0.1) is 57.6 Å². The molecule has 0 unspecified atom stereocenters. The molecule has 2 heterocycles. The lowest BCUT2D eigenvalue weighted by atomic mass is 9.91. The van der Waals surface area contributed by atoms with Crippen molar-refractivity contribution in [2.75, 3.05) is 0 Å². The third-order valence-electron chi connectivity index (χ3n) is 9.62. The van der Waals surface area contributed by atoms with E-state index in [1.807, 2.05) is 84.9 Å². The van der Waals surface area contributed by atoms with Gasteiger partial charge in [-0.3, -0.25) is 0 Å². The van der Waals surface area contributed by atoms with E-state index in [1.54, 1.807) is 0 Å². The number of hydrogen-bond donors (Lipinski definition) is 0. The fourth-order valence-electron chi connectivity index (χ4n) is 7.44. The standard InChI is InChI=1S/C45H25N5/c1-48-40-13-8-12-37(45(40)50-42-15-6-2-9-34(42)35-10-3-7-16-43(35)50)38-25-29(27-46)17-23-33(38)31-19-21-32(22-20-31)49-41-14-5-4-11-36(41)39-26-30(28-47)18-24-44(39)49/h2-26H. The highest BCUT2D eigenvalue weighted by molar-refractivity contribution is 6.11. The first-order valence-electron chi connectivity index (χ1n) is 16.3. The molecule has 0 amide bonds. The zero-order valence-electron chi connectivity index (χ0n) is 26.7. The molecule has 0 atom stereocenters. The third kappa shape index (κ3) is 4.31. The van der Waals surface area contributed by atoms with Crippen LogP contribution in [0.1, 0.15) is 11.1 Å². The summed E-state index contributed by atoms with van der Waals surface area (Å²) in [6.45, 7) is 8.23. The van der Waals surface area contributed by atoms with E-state index in [1.165, 1.54) is 0 Å². The summed E-state index contributed by atoms with van der Waals surface area (Å²) in [5, 5.41) is 24.0. The molecule has 2 aromatic heterocycles. The summed E-state index contributed by atoms with van der Waals surface area (Å²) < 4.78 is 4.42. The molecule has 0 saturated heterocycles. The van der Waals surface area contributed by atoms with Crippen molar-refractivity contribution in [1.29, 1.82) is 10.5 Å². The van der Waals surface area contributed by atoms with Crippen LogP contribution in [0.5, 0.6) is 0 Å². The lowest BCUT2D eigenvalue weighted by molar-refractivity contribution is 1.18. The fraction of sp³-hybridized carbons (Fsp3) is 0. The zero-order valence-corrected chi connectivity index (χ0v) is 26.7. The first-order chi connectivity index (χ1) is 24.7. The van der Waals surface area contributed by atoms with Crippen molar-refractivity contribution < 1.29 is 0 Å². The minimum Gasteiger partial charge on any atom is -0.318 e. The van der Waals surface area contributed by atoms with Crippen LogP contribution >= 0.6 is 0 Å². The number of benzene rings is 7. The van der Waals surface area contributed by atoms with E-state index in [9.17, 15) is 10.5 Å². The first-order valence-corrected chi connectivity index (χ1v) is 16.3. The van der Waals surface area contributed by atoms with Gasteiger partial charge < -0.3 is 9.13 Å². The molecule has 0 radical (unpaired) electrons. The Labute approximate surface area is 288 Å². The molecule has 230 valence electrons. The van der Waals surface area contributed by atoms with Crippen molar-refractivity contribution in [1.82, 2.24) is 9.13 Å². The molecule has 7 aromatic carbocycles. The maximum atomic E-state index is 10.0. The molecule has 50 heavy (non-hydrogen) atoms. The van der Waals surface area contributed by atoms with Gasteiger partial charge in [-0.1, -0.05) is 91.0 Å². The van der Waals surface area contributed by atoms with Crippen LogP contribution in [0.3, 0.4) is 0 Å². The van der Waals surface area contributed by atoms with Gasteiger partial charge in [0.2, 0.25) is 5.69 Å². The lowest BCUT2D eigenvalue weighted by Crippen LogP contribution is -1.99. The third-order valence-corrected chi connectivity index (χ3v) is 9.62. The number of para-hydroxylation sites is 4. The Balaban J connectivity index is 1.26. The largest absolute Gasteiger partial charge is 0.318 e. The molecule has 0 N–H and O–H groups in total. The quantitative estimate of drug-likeness (QED) is 0.181. The molecule has 0 aliphatic heterocycles. The van der Waals surface area contributed by atoms with E-state index in [0.717, 1.165) is 77.2 Å². The Morgan fingerprint density at radius 1 is 0.460 bits per heavy atom. The van der Waals surface area contributed by atoms with Crippen molar-refractivity contribution in [2.24, 2.45) is 0 Å². The van der Waals surface area contributed by atoms with E-state index in [2.05, 4.69) is 92.8 Å². The van der Waals surface area contributed by atoms with E-state index in [-0.39, 0.29) is 0 Å². The molecule has 5 nitrogen and oxygen atoms in total. The number of nitriles is 2. The second kappa shape index (κ2) is 11.4. The summed E-state index contributed by atoms with van der Waals surface area (Å²) in [5.74, 6) is 0. The number of nitrogens with zero attached hydrogens (tertiary/aromatic N) is 5. The average molecular weight is 636 g/mol. The number of aromatic nitrogens is 2. The van der Waals surface area contributed by atoms with Crippen LogP contribution in [0.25, 0.3) is 82.1 Å². The summed E-state index contributed by atoms with van der Waals surface area (Å²) >= 11 is 0. The predicted molar refractivity (Wildman–Crippen MR) is 202 cm³/mol. The molecule has 0 saturated carbocycles. The molecule has 0 aliphatic carbocycles. The highest BCUT2D eigenvalue weighted by Crippen LogP contribution is 2.44. The average Bonchev–Trinajstić information content (AvgIpc) is 3.70. The number of fused-ring (bicyclic) bond motifs is 6. The van der Waals surface area contributed by atoms with Gasteiger partial charge in [-0.05, 0) is 82.9 Å². The maximum Gasteiger partial charge on any atom is 0.211 e. The predicted octanol–water partition coefficient (Wildman–Crippen LogP) is 11.5. The highest BCUT2D eigenvalue weighted by atomic mass is 15.0. The van der Waals surface area contributed by atoms with Crippen molar-refractivity contribution in [2.45, 2.75) is 0 Å². The lowest BCUT2D eigenvalue weighted by Gasteiger charge is -2.19. The van der Waals surface area contributed by atoms with Gasteiger partial charge in [-0.25, -0.2) is 4.85 Å². The van der Waals surface area contributed by atoms with Gasteiger partial charge >= 0.3 is 0 Å². The summed E-state index contributed by atoms with van der Waals surface area (Å²) in [7, 11) is 0. The van der Waals surface area contributed by atoms with Crippen LogP contribution in [0.4, 0.5) is 5.69 Å². The normalized spacial score (nSPS) is 11.1. The van der Waals surface area contributed by atoms with Crippen LogP contribution in [-0.2, 0) is 0 Å². The van der Waals surface area contributed by atoms with Gasteiger partial charge in [0.25, 0.3) is 0 Å². The Morgan fingerprint density at radius 2 is 1.02 bits per heavy atom. The summed E-state index contributed by atoms with van der Waals surface area (Å²) in [5.41, 5.74) is 11.3. The monoisotopic (exact) mass is 635 g/mol. The molecule has 9 aromatic rings. The molecule has 0 bridgehead atoms. The topological polar surface area (TPSA) is 61.8 Å². The number of rotatable bonds is 4. The molecule has 0 fully saturated rings. The second-order valence-corrected chi connectivity index (χ2v) is 12.3. The van der Waals surface area contributed by atoms with Crippen LogP contribution in [0.15, 0.2) is 152 Å². The molecule has 0 aliphatic rings. The van der Waals surface area contributed by atoms with Gasteiger partial charge in [-0.15, -0.1) is 0 Å². The summed E-state index contributed by atoms with van der Waals surface area (Å²) in [6.07, 6.45) is 0. The van der Waals surface area contributed by atoms with Crippen LogP contribution in [0, 0.1) is 29.2 Å². The Bertz CT molecular complexity index is 2900. The second-order valence-electron chi connectivity index (χ2n) is 12.3. The van der Waals surface area contributed by atoms with Gasteiger partial charge in [-0.2, -0.15) is 10.5 Å². The maximum absolute atomic E-state index is 10.0. The van der Waals surface area contributed by atoms with Gasteiger partial charge in [0.1, 0.15) is 0 Å². The molecule has 9 rings (SSSR count). The highest BCUT2D eigenvalue weighted by Gasteiger charge is 2.21. The van der Waals surface area contributed by atoms with Gasteiger partial charge in [0.15, 0.2) is 0 Å². The zero-order chi connectivity index (χ0) is 33.8. The van der Waals surface area contributed by atoms with Crippen molar-refractivity contribution >= 4 is 49.3 Å². The van der Waals surface area contributed by atoms with E-state index in [0.29, 0.717) is 16.8 Å². The van der Waals surface area contributed by atoms with Crippen LogP contribution < -0.4 is 0 Å². The Kier molecular flexibility index (Phi) is 6.56. The van der Waals surface area contributed by atoms with Gasteiger partial charge in [0, 0.05) is 27.2 Å². The van der Waals surface area contributed by atoms with Crippen molar-refractivity contribution in [3.8, 4) is 45.8 Å². The SMILES string of the molecule is [C-]#[N+]c1cccc(-c2cc(C#N)ccc2-c2ccc(-n3c4ccccc4c4cc(C#N)ccc43)cc2)c1-n1c2ccccc2c2ccccc21. The van der Waals surface area contributed by atoms with E-state index < -0.39 is 0 Å². The van der Waals surface area contributed by atoms with Crippen molar-refractivity contribution in [3.63, 3.8) is 0 Å². The van der Waals surface area contributed by atoms with E-state index in [4.69, 9.17) is 6.57 Å². The summed E-state index contributed by atoms with van der Waals surface area (Å²) in [6, 6.07) is 55.4. The van der Waals surface area contributed by atoms with Crippen molar-refractivity contribution in [3.05, 3.63) is 174 Å². The molecular weight excluding hydrogens is 611 g/mol. The van der Waals surface area contributed by atoms with Crippen LogP contribution in [0.2, 0.25) is 0 Å². The minimum atomic E-state index is 0.531.